The molecule has 0 spiro atoms. The van der Waals surface area contributed by atoms with Gasteiger partial charge in [0.15, 0.2) is 5.16 Å². The number of nitrogens with zero attached hydrogens (tertiary/aromatic N) is 3. The number of carboxylic acid groups (broad SMARTS) is 1. The fraction of sp³-hybridized carbons (Fsp3) is 0.182. The minimum absolute atomic E-state index is 0.168. The Morgan fingerprint density at radius 3 is 2.60 bits per heavy atom. The van der Waals surface area contributed by atoms with Crippen molar-refractivity contribution in [1.82, 2.24) is 14.8 Å². The maximum absolute atomic E-state index is 12.6. The summed E-state index contributed by atoms with van der Waals surface area (Å²) in [5.74, 6) is -1.43. The molecule has 0 aliphatic rings. The van der Waals surface area contributed by atoms with Crippen molar-refractivity contribution >= 4 is 17.7 Å². The summed E-state index contributed by atoms with van der Waals surface area (Å²) in [6.45, 7) is 0. The second kappa shape index (κ2) is 5.16. The summed E-state index contributed by atoms with van der Waals surface area (Å²) in [7, 11) is 1.65. The van der Waals surface area contributed by atoms with Crippen LogP contribution in [-0.4, -0.2) is 25.8 Å². The van der Waals surface area contributed by atoms with E-state index in [0.717, 1.165) is 23.9 Å². The Labute approximate surface area is 115 Å². The molecule has 1 aromatic heterocycles. The third-order valence-electron chi connectivity index (χ3n) is 2.41. The number of carbonyl (C=O) groups is 1. The van der Waals surface area contributed by atoms with Crippen molar-refractivity contribution in [3.63, 3.8) is 0 Å². The molecule has 0 amide bonds. The molecule has 20 heavy (non-hydrogen) atoms. The Morgan fingerprint density at radius 2 is 2.10 bits per heavy atom. The maximum atomic E-state index is 12.6. The van der Waals surface area contributed by atoms with Crippen LogP contribution < -0.4 is 0 Å². The molecule has 0 unspecified atom stereocenters. The van der Waals surface area contributed by atoms with Crippen LogP contribution in [0.5, 0.6) is 0 Å². The lowest BCUT2D eigenvalue weighted by atomic mass is 10.1. The van der Waals surface area contributed by atoms with E-state index in [1.165, 1.54) is 10.9 Å². The first kappa shape index (κ1) is 14.4. The minimum Gasteiger partial charge on any atom is -0.478 e. The second-order valence-electron chi connectivity index (χ2n) is 3.84. The smallest absolute Gasteiger partial charge is 0.416 e. The van der Waals surface area contributed by atoms with Crippen molar-refractivity contribution < 1.29 is 23.1 Å². The number of alkyl halides is 3. The molecule has 0 fully saturated rings. The van der Waals surface area contributed by atoms with E-state index in [4.69, 9.17) is 5.11 Å². The molecule has 5 nitrogen and oxygen atoms in total. The van der Waals surface area contributed by atoms with E-state index in [0.29, 0.717) is 11.2 Å². The average molecular weight is 303 g/mol. The number of hydrogen-bond acceptors (Lipinski definition) is 4. The SMILES string of the molecule is Cn1cnnc1Sc1ccc(C(F)(F)F)cc1C(=O)O. The van der Waals surface area contributed by atoms with Gasteiger partial charge in [0.1, 0.15) is 6.33 Å². The molecule has 2 rings (SSSR count). The van der Waals surface area contributed by atoms with Crippen LogP contribution in [0.1, 0.15) is 15.9 Å². The van der Waals surface area contributed by atoms with Gasteiger partial charge in [-0.15, -0.1) is 10.2 Å². The molecule has 0 aliphatic heterocycles. The maximum Gasteiger partial charge on any atom is 0.416 e. The van der Waals surface area contributed by atoms with Gasteiger partial charge >= 0.3 is 12.1 Å². The van der Waals surface area contributed by atoms with E-state index in [2.05, 4.69) is 10.2 Å². The van der Waals surface area contributed by atoms with Crippen LogP contribution >= 0.6 is 11.8 Å². The molecule has 0 bridgehead atoms. The summed E-state index contributed by atoms with van der Waals surface area (Å²) in [4.78, 5) is 11.3. The summed E-state index contributed by atoms with van der Waals surface area (Å²) in [5.41, 5.74) is -1.43. The lowest BCUT2D eigenvalue weighted by molar-refractivity contribution is -0.137. The Hall–Kier alpha value is -2.03. The fourth-order valence-electron chi connectivity index (χ4n) is 1.43. The predicted molar refractivity (Wildman–Crippen MR) is 63.5 cm³/mol. The molecule has 0 aliphatic carbocycles. The summed E-state index contributed by atoms with van der Waals surface area (Å²) in [5, 5.41) is 16.8. The van der Waals surface area contributed by atoms with Crippen molar-refractivity contribution in [3.05, 3.63) is 35.7 Å². The molecular weight excluding hydrogens is 295 g/mol. The average Bonchev–Trinajstić information content (AvgIpc) is 2.74. The molecular formula is C11H8F3N3O2S. The van der Waals surface area contributed by atoms with E-state index in [9.17, 15) is 18.0 Å². The van der Waals surface area contributed by atoms with Gasteiger partial charge < -0.3 is 9.67 Å². The van der Waals surface area contributed by atoms with E-state index in [1.54, 1.807) is 7.05 Å². The van der Waals surface area contributed by atoms with E-state index < -0.39 is 23.3 Å². The van der Waals surface area contributed by atoms with Crippen LogP contribution in [0.2, 0.25) is 0 Å². The van der Waals surface area contributed by atoms with Gasteiger partial charge in [-0.25, -0.2) is 4.79 Å². The molecule has 0 saturated heterocycles. The van der Waals surface area contributed by atoms with Gasteiger partial charge in [-0.05, 0) is 30.0 Å². The highest BCUT2D eigenvalue weighted by atomic mass is 32.2. The van der Waals surface area contributed by atoms with Crippen LogP contribution in [0.15, 0.2) is 34.6 Å². The van der Waals surface area contributed by atoms with Crippen molar-refractivity contribution in [2.24, 2.45) is 7.05 Å². The quantitative estimate of drug-likeness (QED) is 0.944. The summed E-state index contributed by atoms with van der Waals surface area (Å²) >= 11 is 0.936. The van der Waals surface area contributed by atoms with Gasteiger partial charge in [0, 0.05) is 11.9 Å². The van der Waals surface area contributed by atoms with Gasteiger partial charge in [0.2, 0.25) is 0 Å². The number of carboxylic acids is 1. The topological polar surface area (TPSA) is 68.0 Å². The molecule has 1 heterocycles. The fourth-order valence-corrected chi connectivity index (χ4v) is 2.29. The molecule has 0 saturated carbocycles. The number of aryl methyl sites for hydroxylation is 1. The minimum atomic E-state index is -4.59. The first-order chi connectivity index (χ1) is 9.29. The lowest BCUT2D eigenvalue weighted by Crippen LogP contribution is -2.08. The van der Waals surface area contributed by atoms with Gasteiger partial charge in [0.05, 0.1) is 11.1 Å². The van der Waals surface area contributed by atoms with Crippen LogP contribution in [0.25, 0.3) is 0 Å². The largest absolute Gasteiger partial charge is 0.478 e. The summed E-state index contributed by atoms with van der Waals surface area (Å²) in [6.07, 6.45) is -3.18. The molecule has 0 radical (unpaired) electrons. The highest BCUT2D eigenvalue weighted by Gasteiger charge is 2.32. The van der Waals surface area contributed by atoms with Gasteiger partial charge in [-0.1, -0.05) is 0 Å². The zero-order valence-corrected chi connectivity index (χ0v) is 10.9. The van der Waals surface area contributed by atoms with Crippen LogP contribution in [-0.2, 0) is 13.2 Å². The lowest BCUT2D eigenvalue weighted by Gasteiger charge is -2.10. The zero-order chi connectivity index (χ0) is 14.9. The second-order valence-corrected chi connectivity index (χ2v) is 4.85. The van der Waals surface area contributed by atoms with Crippen LogP contribution in [0.4, 0.5) is 13.2 Å². The van der Waals surface area contributed by atoms with Gasteiger partial charge in [0.25, 0.3) is 0 Å². The molecule has 1 N–H and O–H groups in total. The number of hydrogen-bond donors (Lipinski definition) is 1. The summed E-state index contributed by atoms with van der Waals surface area (Å²) in [6, 6.07) is 2.57. The third-order valence-corrected chi connectivity index (χ3v) is 3.54. The van der Waals surface area contributed by atoms with E-state index in [-0.39, 0.29) is 4.90 Å². The number of halogens is 3. The van der Waals surface area contributed by atoms with Gasteiger partial charge in [-0.2, -0.15) is 13.2 Å². The molecule has 106 valence electrons. The molecule has 0 atom stereocenters. The number of benzene rings is 1. The Morgan fingerprint density at radius 1 is 1.40 bits per heavy atom. The molecule has 9 heteroatoms. The van der Waals surface area contributed by atoms with E-state index in [1.807, 2.05) is 0 Å². The number of rotatable bonds is 3. The first-order valence-electron chi connectivity index (χ1n) is 5.25. The third kappa shape index (κ3) is 2.93. The standard InChI is InChI=1S/C11H8F3N3O2S/c1-17-5-15-16-10(17)20-8-3-2-6(11(12,13)14)4-7(8)9(18)19/h2-5H,1H3,(H,18,19). The Kier molecular flexibility index (Phi) is 3.71. The number of aromatic carboxylic acids is 1. The number of aromatic nitrogens is 3. The zero-order valence-electron chi connectivity index (χ0n) is 10.0. The van der Waals surface area contributed by atoms with Crippen molar-refractivity contribution in [2.75, 3.05) is 0 Å². The van der Waals surface area contributed by atoms with Gasteiger partial charge in [-0.3, -0.25) is 0 Å². The van der Waals surface area contributed by atoms with Crippen molar-refractivity contribution in [1.29, 1.82) is 0 Å². The highest BCUT2D eigenvalue weighted by Crippen LogP contribution is 2.35. The molecule has 2 aromatic rings. The van der Waals surface area contributed by atoms with Crippen LogP contribution in [0, 0.1) is 0 Å². The van der Waals surface area contributed by atoms with Crippen LogP contribution in [0.3, 0.4) is 0 Å². The highest BCUT2D eigenvalue weighted by molar-refractivity contribution is 7.99. The Balaban J connectivity index is 2.43. The van der Waals surface area contributed by atoms with E-state index >= 15 is 0 Å². The predicted octanol–water partition coefficient (Wildman–Crippen LogP) is 2.68. The Bertz CT molecular complexity index is 655. The first-order valence-corrected chi connectivity index (χ1v) is 6.07. The summed E-state index contributed by atoms with van der Waals surface area (Å²) < 4.78 is 39.3. The normalized spacial score (nSPS) is 11.6. The van der Waals surface area contributed by atoms with Crippen molar-refractivity contribution in [3.8, 4) is 0 Å². The monoisotopic (exact) mass is 303 g/mol. The molecule has 1 aromatic carbocycles. The van der Waals surface area contributed by atoms with Crippen molar-refractivity contribution in [2.45, 2.75) is 16.2 Å².